The number of anilines is 2. The van der Waals surface area contributed by atoms with E-state index < -0.39 is 5.91 Å². The third-order valence-corrected chi connectivity index (χ3v) is 4.72. The van der Waals surface area contributed by atoms with E-state index in [1.165, 1.54) is 29.4 Å². The van der Waals surface area contributed by atoms with E-state index in [0.29, 0.717) is 10.6 Å². The van der Waals surface area contributed by atoms with Gasteiger partial charge in [0, 0.05) is 4.90 Å². The van der Waals surface area contributed by atoms with Crippen molar-refractivity contribution in [2.75, 3.05) is 16.9 Å². The molecule has 2 aromatic heterocycles. The Kier molecular flexibility index (Phi) is 4.97. The lowest BCUT2D eigenvalue weighted by atomic mass is 10.3. The van der Waals surface area contributed by atoms with E-state index in [1.807, 2.05) is 30.5 Å². The molecule has 8 heteroatoms. The van der Waals surface area contributed by atoms with Crippen LogP contribution in [0.25, 0.3) is 0 Å². The van der Waals surface area contributed by atoms with Crippen LogP contribution in [0.15, 0.2) is 57.4 Å². The minimum atomic E-state index is -0.406. The molecule has 0 fully saturated rings. The molecule has 0 radical (unpaired) electrons. The molecule has 0 spiro atoms. The van der Waals surface area contributed by atoms with Gasteiger partial charge in [0.2, 0.25) is 0 Å². The van der Waals surface area contributed by atoms with Crippen molar-refractivity contribution in [1.29, 1.82) is 0 Å². The summed E-state index contributed by atoms with van der Waals surface area (Å²) in [5.74, 6) is -0.733. The lowest BCUT2D eigenvalue weighted by molar-refractivity contribution is 0.101. The Labute approximate surface area is 146 Å². The van der Waals surface area contributed by atoms with Crippen LogP contribution in [0.4, 0.5) is 11.7 Å². The third kappa shape index (κ3) is 3.66. The van der Waals surface area contributed by atoms with E-state index in [0.717, 1.165) is 4.90 Å². The van der Waals surface area contributed by atoms with Crippen LogP contribution in [0.5, 0.6) is 0 Å². The van der Waals surface area contributed by atoms with Crippen LogP contribution >= 0.6 is 23.1 Å². The first kappa shape index (κ1) is 16.3. The summed E-state index contributed by atoms with van der Waals surface area (Å²) in [5, 5.41) is 7.09. The molecule has 2 N–H and O–H groups in total. The molecule has 2 amide bonds. The SMILES string of the molecule is CSc1ccccc1NC(=O)c1coc(NC(=O)c2cccs2)n1. The minimum Gasteiger partial charge on any atom is -0.431 e. The van der Waals surface area contributed by atoms with Gasteiger partial charge in [0.05, 0.1) is 10.6 Å². The number of nitrogens with zero attached hydrogens (tertiary/aromatic N) is 1. The summed E-state index contributed by atoms with van der Waals surface area (Å²) >= 11 is 2.84. The second-order valence-electron chi connectivity index (χ2n) is 4.62. The summed E-state index contributed by atoms with van der Waals surface area (Å²) in [6.45, 7) is 0. The number of thiophene rings is 1. The Morgan fingerprint density at radius 1 is 1.12 bits per heavy atom. The van der Waals surface area contributed by atoms with Crippen LogP contribution in [-0.2, 0) is 0 Å². The van der Waals surface area contributed by atoms with Gasteiger partial charge in [0.15, 0.2) is 5.69 Å². The standard InChI is InChI=1S/C16H13N3O3S2/c1-23-12-6-3-2-5-10(12)17-14(20)11-9-22-16(18-11)19-15(21)13-7-4-8-24-13/h2-9H,1H3,(H,17,20)(H,18,19,21). The largest absolute Gasteiger partial charge is 0.431 e. The Bertz CT molecular complexity index is 859. The van der Waals surface area contributed by atoms with Crippen molar-refractivity contribution in [3.05, 3.63) is 58.6 Å². The molecule has 0 bridgehead atoms. The van der Waals surface area contributed by atoms with E-state index in [1.54, 1.807) is 17.5 Å². The summed E-state index contributed by atoms with van der Waals surface area (Å²) in [7, 11) is 0. The molecule has 0 aliphatic carbocycles. The van der Waals surface area contributed by atoms with Gasteiger partial charge in [-0.05, 0) is 29.8 Å². The number of aromatic nitrogens is 1. The highest BCUT2D eigenvalue weighted by molar-refractivity contribution is 7.98. The average molecular weight is 359 g/mol. The molecule has 0 aliphatic heterocycles. The van der Waals surface area contributed by atoms with Gasteiger partial charge in [-0.3, -0.25) is 14.9 Å². The van der Waals surface area contributed by atoms with E-state index in [2.05, 4.69) is 15.6 Å². The minimum absolute atomic E-state index is 0.0169. The second kappa shape index (κ2) is 7.33. The van der Waals surface area contributed by atoms with Crippen molar-refractivity contribution < 1.29 is 14.0 Å². The molecule has 0 atom stereocenters. The number of carbonyl (C=O) groups is 2. The third-order valence-electron chi connectivity index (χ3n) is 3.06. The van der Waals surface area contributed by atoms with Crippen LogP contribution in [0.1, 0.15) is 20.2 Å². The van der Waals surface area contributed by atoms with Gasteiger partial charge in [-0.1, -0.05) is 18.2 Å². The highest BCUT2D eigenvalue weighted by atomic mass is 32.2. The van der Waals surface area contributed by atoms with Gasteiger partial charge < -0.3 is 9.73 Å². The Morgan fingerprint density at radius 2 is 1.96 bits per heavy atom. The molecule has 2 heterocycles. The Hall–Kier alpha value is -2.58. The number of oxazole rings is 1. The lowest BCUT2D eigenvalue weighted by Gasteiger charge is -2.07. The van der Waals surface area contributed by atoms with E-state index in [4.69, 9.17) is 4.42 Å². The van der Waals surface area contributed by atoms with E-state index >= 15 is 0 Å². The zero-order chi connectivity index (χ0) is 16.9. The van der Waals surface area contributed by atoms with Gasteiger partial charge in [0.25, 0.3) is 11.8 Å². The van der Waals surface area contributed by atoms with Gasteiger partial charge >= 0.3 is 6.01 Å². The van der Waals surface area contributed by atoms with Crippen molar-refractivity contribution in [2.24, 2.45) is 0 Å². The van der Waals surface area contributed by atoms with E-state index in [-0.39, 0.29) is 17.6 Å². The summed E-state index contributed by atoms with van der Waals surface area (Å²) in [6, 6.07) is 10.9. The highest BCUT2D eigenvalue weighted by Gasteiger charge is 2.16. The summed E-state index contributed by atoms with van der Waals surface area (Å²) in [4.78, 5) is 29.7. The molecule has 3 aromatic rings. The van der Waals surface area contributed by atoms with Crippen molar-refractivity contribution in [3.8, 4) is 0 Å². The average Bonchev–Trinajstić information content (AvgIpc) is 3.27. The van der Waals surface area contributed by atoms with Gasteiger partial charge in [-0.15, -0.1) is 23.1 Å². The number of nitrogens with one attached hydrogen (secondary N) is 2. The number of carbonyl (C=O) groups excluding carboxylic acids is 2. The van der Waals surface area contributed by atoms with Crippen molar-refractivity contribution in [1.82, 2.24) is 4.98 Å². The summed E-state index contributed by atoms with van der Waals surface area (Å²) in [6.07, 6.45) is 3.14. The fourth-order valence-corrected chi connectivity index (χ4v) is 3.11. The Morgan fingerprint density at radius 3 is 2.71 bits per heavy atom. The maximum atomic E-state index is 12.3. The molecular weight excluding hydrogens is 346 g/mol. The molecule has 1 aromatic carbocycles. The predicted molar refractivity (Wildman–Crippen MR) is 95.0 cm³/mol. The molecular formula is C16H13N3O3S2. The normalized spacial score (nSPS) is 10.4. The number of hydrogen-bond donors (Lipinski definition) is 2. The maximum Gasteiger partial charge on any atom is 0.302 e. The second-order valence-corrected chi connectivity index (χ2v) is 6.42. The fourth-order valence-electron chi connectivity index (χ4n) is 1.94. The van der Waals surface area contributed by atoms with Crippen LogP contribution in [-0.4, -0.2) is 23.1 Å². The van der Waals surface area contributed by atoms with Crippen LogP contribution in [0.2, 0.25) is 0 Å². The zero-order valence-electron chi connectivity index (χ0n) is 12.6. The Balaban J connectivity index is 1.68. The first-order valence-corrected chi connectivity index (χ1v) is 9.02. The zero-order valence-corrected chi connectivity index (χ0v) is 14.2. The molecule has 0 unspecified atom stereocenters. The molecule has 0 saturated carbocycles. The van der Waals surface area contributed by atoms with Gasteiger partial charge in [-0.2, -0.15) is 4.98 Å². The highest BCUT2D eigenvalue weighted by Crippen LogP contribution is 2.25. The summed E-state index contributed by atoms with van der Waals surface area (Å²) in [5.41, 5.74) is 0.787. The molecule has 6 nitrogen and oxygen atoms in total. The molecule has 122 valence electrons. The monoisotopic (exact) mass is 359 g/mol. The number of amides is 2. The lowest BCUT2D eigenvalue weighted by Crippen LogP contribution is -2.14. The first-order valence-electron chi connectivity index (χ1n) is 6.92. The van der Waals surface area contributed by atoms with Crippen molar-refractivity contribution >= 4 is 46.6 Å². The van der Waals surface area contributed by atoms with Crippen molar-refractivity contribution in [2.45, 2.75) is 4.90 Å². The van der Waals surface area contributed by atoms with Crippen LogP contribution in [0.3, 0.4) is 0 Å². The van der Waals surface area contributed by atoms with Crippen LogP contribution in [0, 0.1) is 0 Å². The number of rotatable bonds is 5. The maximum absolute atomic E-state index is 12.3. The number of hydrogen-bond acceptors (Lipinski definition) is 6. The molecule has 24 heavy (non-hydrogen) atoms. The molecule has 0 aliphatic rings. The van der Waals surface area contributed by atoms with Crippen molar-refractivity contribution in [3.63, 3.8) is 0 Å². The molecule has 0 saturated heterocycles. The number of benzene rings is 1. The van der Waals surface area contributed by atoms with Gasteiger partial charge in [0.1, 0.15) is 6.26 Å². The smallest absolute Gasteiger partial charge is 0.302 e. The molecule has 3 rings (SSSR count). The summed E-state index contributed by atoms with van der Waals surface area (Å²) < 4.78 is 5.14. The van der Waals surface area contributed by atoms with Crippen LogP contribution < -0.4 is 10.6 Å². The van der Waals surface area contributed by atoms with Gasteiger partial charge in [-0.25, -0.2) is 0 Å². The number of thioether (sulfide) groups is 1. The first-order chi connectivity index (χ1) is 11.7. The number of para-hydroxylation sites is 1. The van der Waals surface area contributed by atoms with E-state index in [9.17, 15) is 9.59 Å². The topological polar surface area (TPSA) is 84.2 Å². The predicted octanol–water partition coefficient (Wildman–Crippen LogP) is 3.96. The fraction of sp³-hybridized carbons (Fsp3) is 0.0625. The quantitative estimate of drug-likeness (QED) is 0.674.